The maximum Gasteiger partial charge on any atom is 0.299 e. The van der Waals surface area contributed by atoms with E-state index >= 15 is 0 Å². The molecule has 1 aromatic rings. The maximum absolute atomic E-state index is 14.1. The number of benzene rings is 1. The summed E-state index contributed by atoms with van der Waals surface area (Å²) in [4.78, 5) is 10.8. The van der Waals surface area contributed by atoms with E-state index in [1.807, 2.05) is 0 Å². The van der Waals surface area contributed by atoms with Gasteiger partial charge in [0.05, 0.1) is 0 Å². The van der Waals surface area contributed by atoms with Crippen LogP contribution in [0, 0.1) is 5.92 Å². The number of carbonyl (C=O) groups excluding carboxylic acids is 1. The fourth-order valence-electron chi connectivity index (χ4n) is 2.54. The SMILES string of the molecule is O=CC1C=CC2=C(C1)c1ccccc1C2(F)F. The van der Waals surface area contributed by atoms with Crippen LogP contribution >= 0.6 is 0 Å². The molecule has 2 aliphatic carbocycles. The summed E-state index contributed by atoms with van der Waals surface area (Å²) in [5, 5.41) is 0. The van der Waals surface area contributed by atoms with Crippen molar-refractivity contribution in [2.75, 3.05) is 0 Å². The molecule has 1 aromatic carbocycles. The van der Waals surface area contributed by atoms with Crippen molar-refractivity contribution in [2.24, 2.45) is 5.92 Å². The average molecular weight is 232 g/mol. The molecule has 0 aliphatic heterocycles. The van der Waals surface area contributed by atoms with E-state index in [1.54, 1.807) is 24.3 Å². The van der Waals surface area contributed by atoms with Crippen LogP contribution in [-0.2, 0) is 10.7 Å². The smallest absolute Gasteiger partial charge is 0.299 e. The van der Waals surface area contributed by atoms with Gasteiger partial charge in [-0.2, -0.15) is 8.78 Å². The van der Waals surface area contributed by atoms with Gasteiger partial charge in [0.2, 0.25) is 0 Å². The Morgan fingerprint density at radius 2 is 2.06 bits per heavy atom. The van der Waals surface area contributed by atoms with Gasteiger partial charge in [-0.15, -0.1) is 0 Å². The van der Waals surface area contributed by atoms with Crippen molar-refractivity contribution in [3.8, 4) is 0 Å². The molecule has 3 rings (SSSR count). The second-order valence-corrected chi connectivity index (χ2v) is 4.38. The van der Waals surface area contributed by atoms with Crippen LogP contribution < -0.4 is 0 Å². The third-order valence-corrected chi connectivity index (χ3v) is 3.38. The maximum atomic E-state index is 14.1. The van der Waals surface area contributed by atoms with E-state index in [4.69, 9.17) is 0 Å². The molecule has 0 fully saturated rings. The number of carbonyl (C=O) groups is 1. The highest BCUT2D eigenvalue weighted by Crippen LogP contribution is 2.52. The van der Waals surface area contributed by atoms with Crippen molar-refractivity contribution in [3.63, 3.8) is 0 Å². The zero-order chi connectivity index (χ0) is 12.0. The lowest BCUT2D eigenvalue weighted by molar-refractivity contribution is -0.109. The van der Waals surface area contributed by atoms with Gasteiger partial charge < -0.3 is 4.79 Å². The van der Waals surface area contributed by atoms with Crippen LogP contribution in [-0.4, -0.2) is 6.29 Å². The number of allylic oxidation sites excluding steroid dienone is 4. The Morgan fingerprint density at radius 1 is 1.29 bits per heavy atom. The van der Waals surface area contributed by atoms with E-state index < -0.39 is 5.92 Å². The molecule has 3 heteroatoms. The van der Waals surface area contributed by atoms with Crippen molar-refractivity contribution in [1.29, 1.82) is 0 Å². The lowest BCUT2D eigenvalue weighted by Crippen LogP contribution is -2.13. The van der Waals surface area contributed by atoms with E-state index in [2.05, 4.69) is 0 Å². The van der Waals surface area contributed by atoms with Gasteiger partial charge in [-0.25, -0.2) is 0 Å². The van der Waals surface area contributed by atoms with E-state index in [0.29, 0.717) is 17.6 Å². The van der Waals surface area contributed by atoms with Crippen molar-refractivity contribution in [2.45, 2.75) is 12.3 Å². The molecule has 0 amide bonds. The summed E-state index contributed by atoms with van der Waals surface area (Å²) in [7, 11) is 0. The Labute approximate surface area is 97.5 Å². The topological polar surface area (TPSA) is 17.1 Å². The number of hydrogen-bond donors (Lipinski definition) is 0. The quantitative estimate of drug-likeness (QED) is 0.679. The second-order valence-electron chi connectivity index (χ2n) is 4.38. The Morgan fingerprint density at radius 3 is 2.82 bits per heavy atom. The van der Waals surface area contributed by atoms with E-state index in [9.17, 15) is 13.6 Å². The van der Waals surface area contributed by atoms with E-state index in [1.165, 1.54) is 12.1 Å². The predicted molar refractivity (Wildman–Crippen MR) is 60.6 cm³/mol. The van der Waals surface area contributed by atoms with Crippen molar-refractivity contribution < 1.29 is 13.6 Å². The first-order chi connectivity index (χ1) is 8.14. The number of alkyl halides is 2. The summed E-state index contributed by atoms with van der Waals surface area (Å²) >= 11 is 0. The number of fused-ring (bicyclic) bond motifs is 2. The first-order valence-electron chi connectivity index (χ1n) is 5.49. The van der Waals surface area contributed by atoms with Crippen LogP contribution in [0.4, 0.5) is 8.78 Å². The van der Waals surface area contributed by atoms with Crippen LogP contribution in [0.5, 0.6) is 0 Å². The molecule has 0 spiro atoms. The van der Waals surface area contributed by atoms with Crippen LogP contribution in [0.15, 0.2) is 42.0 Å². The third-order valence-electron chi connectivity index (χ3n) is 3.38. The van der Waals surface area contributed by atoms with E-state index in [-0.39, 0.29) is 17.1 Å². The normalized spacial score (nSPS) is 24.5. The van der Waals surface area contributed by atoms with Crippen LogP contribution in [0.25, 0.3) is 5.57 Å². The van der Waals surface area contributed by atoms with Gasteiger partial charge in [-0.3, -0.25) is 0 Å². The van der Waals surface area contributed by atoms with Crippen LogP contribution in [0.3, 0.4) is 0 Å². The molecule has 2 aliphatic rings. The molecule has 17 heavy (non-hydrogen) atoms. The highest BCUT2D eigenvalue weighted by Gasteiger charge is 2.46. The van der Waals surface area contributed by atoms with Crippen LogP contribution in [0.2, 0.25) is 0 Å². The highest BCUT2D eigenvalue weighted by molar-refractivity contribution is 5.84. The Bertz CT molecular complexity index is 555. The molecule has 1 atom stereocenters. The predicted octanol–water partition coefficient (Wildman–Crippen LogP) is 3.32. The molecule has 0 bridgehead atoms. The molecule has 0 radical (unpaired) electrons. The summed E-state index contributed by atoms with van der Waals surface area (Å²) in [6.45, 7) is 0. The van der Waals surface area contributed by atoms with Gasteiger partial charge in [-0.1, -0.05) is 36.4 Å². The second kappa shape index (κ2) is 3.36. The molecule has 0 N–H and O–H groups in total. The summed E-state index contributed by atoms with van der Waals surface area (Å²) in [5.41, 5.74) is 1.31. The standard InChI is InChI=1S/C14H10F2O/c15-14(16)12-4-2-1-3-10(12)11-7-9(8-17)5-6-13(11)14/h1-6,8-9H,7H2. The minimum atomic E-state index is -2.92. The summed E-state index contributed by atoms with van der Waals surface area (Å²) in [5.74, 6) is -3.20. The lowest BCUT2D eigenvalue weighted by atomic mass is 9.90. The molecule has 1 unspecified atom stereocenters. The summed E-state index contributed by atoms with van der Waals surface area (Å²) < 4.78 is 28.2. The third kappa shape index (κ3) is 1.32. The molecular weight excluding hydrogens is 222 g/mol. The van der Waals surface area contributed by atoms with Gasteiger partial charge in [0.15, 0.2) is 0 Å². The van der Waals surface area contributed by atoms with Crippen molar-refractivity contribution in [1.82, 2.24) is 0 Å². The zero-order valence-electron chi connectivity index (χ0n) is 8.99. The number of hydrogen-bond acceptors (Lipinski definition) is 1. The summed E-state index contributed by atoms with van der Waals surface area (Å²) in [6.07, 6.45) is 4.14. The molecule has 0 saturated heterocycles. The number of halogens is 2. The minimum absolute atomic E-state index is 0.0526. The van der Waals surface area contributed by atoms with Gasteiger partial charge >= 0.3 is 0 Å². The van der Waals surface area contributed by atoms with Gasteiger partial charge in [-0.05, 0) is 17.6 Å². The minimum Gasteiger partial charge on any atom is -0.303 e. The van der Waals surface area contributed by atoms with Crippen LogP contribution in [0.1, 0.15) is 17.5 Å². The van der Waals surface area contributed by atoms with E-state index in [0.717, 1.165) is 6.29 Å². The monoisotopic (exact) mass is 232 g/mol. The van der Waals surface area contributed by atoms with Gasteiger partial charge in [0, 0.05) is 17.1 Å². The van der Waals surface area contributed by atoms with Gasteiger partial charge in [0.1, 0.15) is 6.29 Å². The van der Waals surface area contributed by atoms with Crippen molar-refractivity contribution in [3.05, 3.63) is 53.1 Å². The molecular formula is C14H10F2O. The number of aldehydes is 1. The molecule has 0 saturated carbocycles. The van der Waals surface area contributed by atoms with Crippen molar-refractivity contribution >= 4 is 11.9 Å². The first kappa shape index (κ1) is 10.4. The Kier molecular flexibility index (Phi) is 2.05. The molecule has 0 heterocycles. The fourth-order valence-corrected chi connectivity index (χ4v) is 2.54. The Balaban J connectivity index is 2.19. The lowest BCUT2D eigenvalue weighted by Gasteiger charge is -2.17. The first-order valence-corrected chi connectivity index (χ1v) is 5.49. The number of rotatable bonds is 1. The Hall–Kier alpha value is -1.77. The fraction of sp³-hybridized carbons (Fsp3) is 0.214. The summed E-state index contributed by atoms with van der Waals surface area (Å²) in [6, 6.07) is 6.52. The van der Waals surface area contributed by atoms with Gasteiger partial charge in [0.25, 0.3) is 5.92 Å². The largest absolute Gasteiger partial charge is 0.303 e. The zero-order valence-corrected chi connectivity index (χ0v) is 8.99. The average Bonchev–Trinajstić information content (AvgIpc) is 2.59. The molecule has 1 nitrogen and oxygen atoms in total. The molecule has 0 aromatic heterocycles. The molecule has 86 valence electrons. The highest BCUT2D eigenvalue weighted by atomic mass is 19.3.